The van der Waals surface area contributed by atoms with Crippen LogP contribution < -0.4 is 0 Å². The van der Waals surface area contributed by atoms with Crippen molar-refractivity contribution in [2.24, 2.45) is 16.2 Å². The average Bonchev–Trinajstić information content (AvgIpc) is 3.04. The van der Waals surface area contributed by atoms with Gasteiger partial charge in [0.15, 0.2) is 11.2 Å². The highest BCUT2D eigenvalue weighted by Crippen LogP contribution is 2.84. The summed E-state index contributed by atoms with van der Waals surface area (Å²) in [5, 5.41) is 0. The van der Waals surface area contributed by atoms with Gasteiger partial charge in [-0.3, -0.25) is 9.59 Å². The fraction of sp³-hybridized carbons (Fsp3) is 0.750. The third-order valence-corrected chi connectivity index (χ3v) is 8.09. The van der Waals surface area contributed by atoms with E-state index in [2.05, 4.69) is 19.1 Å². The first-order valence-electron chi connectivity index (χ1n) is 11.2. The van der Waals surface area contributed by atoms with Crippen LogP contribution in [0.15, 0.2) is 23.3 Å². The van der Waals surface area contributed by atoms with Crippen molar-refractivity contribution in [3.8, 4) is 0 Å². The summed E-state index contributed by atoms with van der Waals surface area (Å²) in [4.78, 5) is 26.1. The van der Waals surface area contributed by atoms with Gasteiger partial charge in [-0.15, -0.1) is 0 Å². The van der Waals surface area contributed by atoms with E-state index in [1.165, 1.54) is 11.1 Å². The number of hydrogen-bond donors (Lipinski definition) is 0. The van der Waals surface area contributed by atoms with Gasteiger partial charge in [0.25, 0.3) is 0 Å². The molecule has 1 heterocycles. The Morgan fingerprint density at radius 1 is 1.07 bits per heavy atom. The molecule has 4 atom stereocenters. The van der Waals surface area contributed by atoms with E-state index in [0.29, 0.717) is 12.8 Å². The van der Waals surface area contributed by atoms with Gasteiger partial charge in [-0.2, -0.15) is 0 Å². The summed E-state index contributed by atoms with van der Waals surface area (Å²) >= 11 is 0. The molecule has 0 aromatic rings. The molecule has 5 aliphatic rings. The molecule has 5 rings (SSSR count). The van der Waals surface area contributed by atoms with Crippen molar-refractivity contribution in [2.45, 2.75) is 84.2 Å². The van der Waals surface area contributed by atoms with Gasteiger partial charge in [0, 0.05) is 5.41 Å². The maximum atomic E-state index is 13.1. The van der Waals surface area contributed by atoms with Crippen molar-refractivity contribution in [1.29, 1.82) is 0 Å². The van der Waals surface area contributed by atoms with Gasteiger partial charge in [0.05, 0.1) is 13.2 Å². The molecule has 6 heteroatoms. The number of rotatable bonds is 5. The van der Waals surface area contributed by atoms with Crippen LogP contribution in [-0.4, -0.2) is 42.6 Å². The van der Waals surface area contributed by atoms with Crippen molar-refractivity contribution in [1.82, 2.24) is 0 Å². The summed E-state index contributed by atoms with van der Waals surface area (Å²) in [6.07, 6.45) is 7.97. The van der Waals surface area contributed by atoms with E-state index in [-0.39, 0.29) is 35.7 Å². The van der Waals surface area contributed by atoms with Crippen LogP contribution in [0.3, 0.4) is 0 Å². The summed E-state index contributed by atoms with van der Waals surface area (Å²) in [5.74, 6) is -1.55. The number of carbonyl (C=O) groups excluding carboxylic acids is 2. The van der Waals surface area contributed by atoms with Crippen LogP contribution in [-0.2, 0) is 28.5 Å². The highest BCUT2D eigenvalue weighted by molar-refractivity contribution is 6.01. The lowest BCUT2D eigenvalue weighted by atomic mass is 9.60. The fourth-order valence-corrected chi connectivity index (χ4v) is 7.03. The molecule has 0 N–H and O–H groups in total. The monoisotopic (exact) mass is 416 g/mol. The van der Waals surface area contributed by atoms with Crippen molar-refractivity contribution in [3.63, 3.8) is 0 Å². The number of hydrogen-bond acceptors (Lipinski definition) is 6. The normalized spacial score (nSPS) is 41.4. The lowest BCUT2D eigenvalue weighted by Crippen LogP contribution is -2.55. The molecule has 1 spiro atoms. The van der Waals surface area contributed by atoms with E-state index in [9.17, 15) is 9.59 Å². The van der Waals surface area contributed by atoms with Crippen molar-refractivity contribution < 1.29 is 28.5 Å². The summed E-state index contributed by atoms with van der Waals surface area (Å²) in [7, 11) is 0. The van der Waals surface area contributed by atoms with Crippen molar-refractivity contribution >= 4 is 11.9 Å². The Morgan fingerprint density at radius 2 is 1.73 bits per heavy atom. The molecule has 2 unspecified atom stereocenters. The van der Waals surface area contributed by atoms with E-state index in [0.717, 1.165) is 19.3 Å². The Kier molecular flexibility index (Phi) is 4.03. The first-order chi connectivity index (χ1) is 14.1. The fourth-order valence-electron chi connectivity index (χ4n) is 7.03. The highest BCUT2D eigenvalue weighted by atomic mass is 16.8. The smallest absolute Gasteiger partial charge is 0.323 e. The summed E-state index contributed by atoms with van der Waals surface area (Å²) in [6, 6.07) is 0. The summed E-state index contributed by atoms with van der Waals surface area (Å²) in [5.41, 5.74) is 0.422. The molecule has 2 saturated carbocycles. The SMILES string of the molecule is CCOC(=O)C1(C(=O)OCC)CC2(C)CC2(C2=C3C=CCC[C@@]34OC(C)(C)O[C@@H]24)C1. The Morgan fingerprint density at radius 3 is 2.37 bits per heavy atom. The molecule has 0 amide bonds. The van der Waals surface area contributed by atoms with Gasteiger partial charge in [-0.05, 0) is 76.4 Å². The first-order valence-corrected chi connectivity index (χ1v) is 11.2. The zero-order valence-electron chi connectivity index (χ0n) is 18.6. The second-order valence-corrected chi connectivity index (χ2v) is 10.4. The molecule has 30 heavy (non-hydrogen) atoms. The van der Waals surface area contributed by atoms with Gasteiger partial charge in [0.2, 0.25) is 0 Å². The first kappa shape index (κ1) is 20.3. The third kappa shape index (κ3) is 2.27. The molecule has 4 aliphatic carbocycles. The standard InChI is InChI=1S/C24H32O6/c1-6-27-18(25)22(19(26)28-7-2)12-21(5)13-23(21,14-22)16-15-10-8-9-11-24(15)17(16)29-20(3,4)30-24/h8,10,17H,6-7,9,11-14H2,1-5H3/t17-,21?,23?,24+/m0/s1. The van der Waals surface area contributed by atoms with E-state index >= 15 is 0 Å². The van der Waals surface area contributed by atoms with Gasteiger partial charge in [-0.25, -0.2) is 0 Å². The number of esters is 2. The molecule has 6 nitrogen and oxygen atoms in total. The number of carbonyl (C=O) groups is 2. The molecule has 164 valence electrons. The van der Waals surface area contributed by atoms with E-state index in [4.69, 9.17) is 18.9 Å². The summed E-state index contributed by atoms with van der Waals surface area (Å²) in [6.45, 7) is 10.2. The minimum absolute atomic E-state index is 0.116. The Hall–Kier alpha value is -1.66. The van der Waals surface area contributed by atoms with Crippen LogP contribution in [0.2, 0.25) is 0 Å². The van der Waals surface area contributed by atoms with E-state index < -0.39 is 23.1 Å². The Balaban J connectivity index is 1.57. The van der Waals surface area contributed by atoms with Gasteiger partial charge >= 0.3 is 11.9 Å². The zero-order chi connectivity index (χ0) is 21.6. The van der Waals surface area contributed by atoms with Crippen LogP contribution >= 0.6 is 0 Å². The largest absolute Gasteiger partial charge is 0.465 e. The van der Waals surface area contributed by atoms with Crippen molar-refractivity contribution in [2.75, 3.05) is 13.2 Å². The van der Waals surface area contributed by atoms with E-state index in [1.54, 1.807) is 13.8 Å². The lowest BCUT2D eigenvalue weighted by molar-refractivity contribution is -0.173. The van der Waals surface area contributed by atoms with Crippen LogP contribution in [0.25, 0.3) is 0 Å². The molecule has 0 bridgehead atoms. The molecule has 0 aromatic carbocycles. The van der Waals surface area contributed by atoms with Gasteiger partial charge in [0.1, 0.15) is 11.7 Å². The lowest BCUT2D eigenvalue weighted by Gasteiger charge is -2.50. The highest BCUT2D eigenvalue weighted by Gasteiger charge is 2.83. The predicted octanol–water partition coefficient (Wildman–Crippen LogP) is 3.84. The van der Waals surface area contributed by atoms with Gasteiger partial charge < -0.3 is 18.9 Å². The second kappa shape index (κ2) is 5.98. The van der Waals surface area contributed by atoms with Crippen LogP contribution in [0, 0.1) is 16.2 Å². The number of allylic oxidation sites excluding steroid dienone is 1. The molecule has 0 aromatic heterocycles. The van der Waals surface area contributed by atoms with E-state index in [1.807, 2.05) is 13.8 Å². The summed E-state index contributed by atoms with van der Waals surface area (Å²) < 4.78 is 23.6. The topological polar surface area (TPSA) is 71.1 Å². The second-order valence-electron chi connectivity index (χ2n) is 10.4. The maximum Gasteiger partial charge on any atom is 0.323 e. The molecule has 1 aliphatic heterocycles. The van der Waals surface area contributed by atoms with Crippen molar-refractivity contribution in [3.05, 3.63) is 23.3 Å². The van der Waals surface area contributed by atoms with Gasteiger partial charge in [-0.1, -0.05) is 19.1 Å². The predicted molar refractivity (Wildman–Crippen MR) is 108 cm³/mol. The maximum absolute atomic E-state index is 13.1. The zero-order valence-corrected chi connectivity index (χ0v) is 18.6. The molecule has 1 saturated heterocycles. The molecule has 3 fully saturated rings. The molecule has 0 radical (unpaired) electrons. The van der Waals surface area contributed by atoms with Crippen LogP contribution in [0.5, 0.6) is 0 Å². The molecular formula is C24H32O6. The third-order valence-electron chi connectivity index (χ3n) is 8.09. The van der Waals surface area contributed by atoms with Crippen LogP contribution in [0.4, 0.5) is 0 Å². The Bertz CT molecular complexity index is 866. The minimum Gasteiger partial charge on any atom is -0.465 e. The number of ether oxygens (including phenoxy) is 4. The minimum atomic E-state index is -1.24. The quantitative estimate of drug-likeness (QED) is 0.501. The number of fused-ring (bicyclic) bond motifs is 1. The average molecular weight is 417 g/mol. The van der Waals surface area contributed by atoms with Crippen LogP contribution in [0.1, 0.15) is 66.7 Å². The molecular weight excluding hydrogens is 384 g/mol. The Labute approximate surface area is 178 Å².